The Bertz CT molecular complexity index is 697. The molecule has 1 amide bonds. The SMILES string of the molecule is O=C(c1ccncn1)N1C[C@H](Oc2cccnc2)[C@H]2OCCC[C@H]21. The molecule has 2 fully saturated rings. The molecule has 4 heterocycles. The van der Waals surface area contributed by atoms with E-state index >= 15 is 0 Å². The van der Waals surface area contributed by atoms with Crippen LogP contribution in [0.3, 0.4) is 0 Å². The Labute approximate surface area is 139 Å². The van der Waals surface area contributed by atoms with Crippen LogP contribution in [0.2, 0.25) is 0 Å². The number of hydrogen-bond donors (Lipinski definition) is 0. The van der Waals surface area contributed by atoms with Crippen molar-refractivity contribution in [3.63, 3.8) is 0 Å². The molecular weight excluding hydrogens is 308 g/mol. The predicted molar refractivity (Wildman–Crippen MR) is 84.5 cm³/mol. The topological polar surface area (TPSA) is 77.4 Å². The Hall–Kier alpha value is -2.54. The molecule has 124 valence electrons. The summed E-state index contributed by atoms with van der Waals surface area (Å²) in [5.41, 5.74) is 0.399. The molecule has 0 bridgehead atoms. The minimum atomic E-state index is -0.203. The number of ether oxygens (including phenoxy) is 2. The van der Waals surface area contributed by atoms with Crippen molar-refractivity contribution in [3.05, 3.63) is 48.8 Å². The van der Waals surface area contributed by atoms with E-state index in [-0.39, 0.29) is 24.2 Å². The van der Waals surface area contributed by atoms with Crippen LogP contribution < -0.4 is 4.74 Å². The van der Waals surface area contributed by atoms with E-state index in [1.807, 2.05) is 17.0 Å². The average molecular weight is 326 g/mol. The van der Waals surface area contributed by atoms with E-state index in [0.717, 1.165) is 12.8 Å². The summed E-state index contributed by atoms with van der Waals surface area (Å²) in [6.45, 7) is 1.18. The van der Waals surface area contributed by atoms with E-state index < -0.39 is 0 Å². The van der Waals surface area contributed by atoms with Crippen molar-refractivity contribution in [2.24, 2.45) is 0 Å². The normalized spacial score (nSPS) is 26.0. The molecule has 2 aromatic rings. The summed E-state index contributed by atoms with van der Waals surface area (Å²) in [4.78, 5) is 26.7. The monoisotopic (exact) mass is 326 g/mol. The van der Waals surface area contributed by atoms with Gasteiger partial charge in [-0.05, 0) is 31.0 Å². The molecule has 0 aromatic carbocycles. The largest absolute Gasteiger partial charge is 0.484 e. The Kier molecular flexibility index (Phi) is 4.08. The van der Waals surface area contributed by atoms with Crippen LogP contribution >= 0.6 is 0 Å². The van der Waals surface area contributed by atoms with Gasteiger partial charge in [-0.15, -0.1) is 0 Å². The zero-order valence-corrected chi connectivity index (χ0v) is 13.1. The van der Waals surface area contributed by atoms with Crippen LogP contribution in [0.5, 0.6) is 5.75 Å². The maximum atomic E-state index is 12.8. The summed E-state index contributed by atoms with van der Waals surface area (Å²) in [5.74, 6) is 0.585. The summed E-state index contributed by atoms with van der Waals surface area (Å²) in [7, 11) is 0. The molecule has 7 nitrogen and oxygen atoms in total. The van der Waals surface area contributed by atoms with Gasteiger partial charge in [0.05, 0.1) is 18.8 Å². The molecule has 0 radical (unpaired) electrons. The highest BCUT2D eigenvalue weighted by molar-refractivity contribution is 5.92. The van der Waals surface area contributed by atoms with Crippen LogP contribution in [0.4, 0.5) is 0 Å². The first-order valence-corrected chi connectivity index (χ1v) is 8.08. The number of carbonyl (C=O) groups excluding carboxylic acids is 1. The minimum Gasteiger partial charge on any atom is -0.484 e. The maximum Gasteiger partial charge on any atom is 0.273 e. The predicted octanol–water partition coefficient (Wildman–Crippen LogP) is 1.32. The number of amides is 1. The highest BCUT2D eigenvalue weighted by atomic mass is 16.5. The smallest absolute Gasteiger partial charge is 0.273 e. The van der Waals surface area contributed by atoms with E-state index in [2.05, 4.69) is 15.0 Å². The molecule has 0 aliphatic carbocycles. The fraction of sp³-hybridized carbons (Fsp3) is 0.412. The molecule has 2 aromatic heterocycles. The number of aromatic nitrogens is 3. The van der Waals surface area contributed by atoms with Crippen molar-refractivity contribution in [2.75, 3.05) is 13.2 Å². The van der Waals surface area contributed by atoms with Crippen LogP contribution in [0.1, 0.15) is 23.3 Å². The lowest BCUT2D eigenvalue weighted by Gasteiger charge is -2.31. The van der Waals surface area contributed by atoms with Gasteiger partial charge in [-0.2, -0.15) is 0 Å². The minimum absolute atomic E-state index is 0.0166. The molecule has 0 saturated carbocycles. The molecule has 0 unspecified atom stereocenters. The highest BCUT2D eigenvalue weighted by Crippen LogP contribution is 2.32. The zero-order valence-electron chi connectivity index (χ0n) is 13.1. The van der Waals surface area contributed by atoms with Gasteiger partial charge in [0.2, 0.25) is 0 Å². The molecule has 2 aliphatic heterocycles. The third-order valence-electron chi connectivity index (χ3n) is 4.46. The van der Waals surface area contributed by atoms with Crippen LogP contribution in [0.15, 0.2) is 43.1 Å². The number of hydrogen-bond acceptors (Lipinski definition) is 6. The molecule has 7 heteroatoms. The van der Waals surface area contributed by atoms with Gasteiger partial charge in [0, 0.05) is 19.0 Å². The van der Waals surface area contributed by atoms with Crippen molar-refractivity contribution in [1.29, 1.82) is 0 Å². The van der Waals surface area contributed by atoms with E-state index in [4.69, 9.17) is 9.47 Å². The highest BCUT2D eigenvalue weighted by Gasteiger charge is 2.47. The first-order chi connectivity index (χ1) is 11.8. The second-order valence-corrected chi connectivity index (χ2v) is 5.94. The van der Waals surface area contributed by atoms with Crippen LogP contribution in [-0.4, -0.2) is 57.2 Å². The number of fused-ring (bicyclic) bond motifs is 1. The summed E-state index contributed by atoms with van der Waals surface area (Å²) in [5, 5.41) is 0. The number of pyridine rings is 1. The van der Waals surface area contributed by atoms with Gasteiger partial charge in [0.25, 0.3) is 5.91 Å². The van der Waals surface area contributed by atoms with Crippen molar-refractivity contribution < 1.29 is 14.3 Å². The molecule has 4 rings (SSSR count). The first kappa shape index (κ1) is 15.0. The molecule has 0 N–H and O–H groups in total. The van der Waals surface area contributed by atoms with Crippen molar-refractivity contribution >= 4 is 5.91 Å². The molecule has 0 spiro atoms. The quantitative estimate of drug-likeness (QED) is 0.847. The summed E-state index contributed by atoms with van der Waals surface area (Å²) < 4.78 is 12.0. The van der Waals surface area contributed by atoms with Gasteiger partial charge in [-0.3, -0.25) is 9.78 Å². The Morgan fingerprint density at radius 2 is 2.25 bits per heavy atom. The van der Waals surface area contributed by atoms with E-state index in [1.165, 1.54) is 6.33 Å². The zero-order chi connectivity index (χ0) is 16.4. The maximum absolute atomic E-state index is 12.8. The number of carbonyl (C=O) groups is 1. The van der Waals surface area contributed by atoms with Gasteiger partial charge in [-0.25, -0.2) is 9.97 Å². The van der Waals surface area contributed by atoms with Crippen LogP contribution in [0, 0.1) is 0 Å². The number of nitrogens with zero attached hydrogens (tertiary/aromatic N) is 4. The summed E-state index contributed by atoms with van der Waals surface area (Å²) in [6, 6.07) is 5.34. The average Bonchev–Trinajstić information content (AvgIpc) is 3.01. The fourth-order valence-corrected chi connectivity index (χ4v) is 3.40. The molecular formula is C17H18N4O3. The number of rotatable bonds is 3. The second-order valence-electron chi connectivity index (χ2n) is 5.94. The third kappa shape index (κ3) is 2.82. The lowest BCUT2D eigenvalue weighted by molar-refractivity contribution is -0.0447. The summed E-state index contributed by atoms with van der Waals surface area (Å²) >= 11 is 0. The third-order valence-corrected chi connectivity index (χ3v) is 4.46. The first-order valence-electron chi connectivity index (χ1n) is 8.08. The van der Waals surface area contributed by atoms with Crippen LogP contribution in [-0.2, 0) is 4.74 Å². The molecule has 2 saturated heterocycles. The van der Waals surface area contributed by atoms with Gasteiger partial charge < -0.3 is 14.4 Å². The van der Waals surface area contributed by atoms with E-state index in [1.54, 1.807) is 24.7 Å². The lowest BCUT2D eigenvalue weighted by atomic mass is 10.0. The van der Waals surface area contributed by atoms with Crippen molar-refractivity contribution in [1.82, 2.24) is 19.9 Å². The van der Waals surface area contributed by atoms with Gasteiger partial charge in [-0.1, -0.05) is 0 Å². The standard InChI is InChI=1S/C17H18N4O3/c22-17(13-5-7-19-11-20-13)21-10-15(16-14(21)4-2-8-23-16)24-12-3-1-6-18-9-12/h1,3,5-7,9,11,14-16H,2,4,8,10H2/t14-,15+,16+/m1/s1. The summed E-state index contributed by atoms with van der Waals surface area (Å²) in [6.07, 6.45) is 7.87. The van der Waals surface area contributed by atoms with Crippen molar-refractivity contribution in [2.45, 2.75) is 31.1 Å². The molecule has 2 aliphatic rings. The Balaban J connectivity index is 1.56. The molecule has 3 atom stereocenters. The van der Waals surface area contributed by atoms with Gasteiger partial charge in [0.15, 0.2) is 0 Å². The van der Waals surface area contributed by atoms with E-state index in [0.29, 0.717) is 24.6 Å². The molecule has 24 heavy (non-hydrogen) atoms. The van der Waals surface area contributed by atoms with E-state index in [9.17, 15) is 4.79 Å². The Morgan fingerprint density at radius 3 is 3.04 bits per heavy atom. The fourth-order valence-electron chi connectivity index (χ4n) is 3.40. The van der Waals surface area contributed by atoms with Crippen LogP contribution in [0.25, 0.3) is 0 Å². The second kappa shape index (κ2) is 6.52. The Morgan fingerprint density at radius 1 is 1.29 bits per heavy atom. The lowest BCUT2D eigenvalue weighted by Crippen LogP contribution is -2.44. The number of likely N-dealkylation sites (tertiary alicyclic amines) is 1. The van der Waals surface area contributed by atoms with Gasteiger partial charge >= 0.3 is 0 Å². The van der Waals surface area contributed by atoms with Gasteiger partial charge in [0.1, 0.15) is 30.0 Å². The van der Waals surface area contributed by atoms with Crippen molar-refractivity contribution in [3.8, 4) is 5.75 Å².